The van der Waals surface area contributed by atoms with Gasteiger partial charge in [0.25, 0.3) is 0 Å². The lowest BCUT2D eigenvalue weighted by Crippen LogP contribution is -2.09. The highest BCUT2D eigenvalue weighted by Crippen LogP contribution is 2.19. The van der Waals surface area contributed by atoms with Gasteiger partial charge in [-0.25, -0.2) is 9.78 Å². The lowest BCUT2D eigenvalue weighted by Gasteiger charge is -2.12. The van der Waals surface area contributed by atoms with Crippen LogP contribution in [-0.2, 0) is 4.74 Å². The van der Waals surface area contributed by atoms with Crippen molar-refractivity contribution >= 4 is 17.0 Å². The van der Waals surface area contributed by atoms with Crippen molar-refractivity contribution in [2.45, 2.75) is 13.0 Å². The van der Waals surface area contributed by atoms with E-state index >= 15 is 0 Å². The van der Waals surface area contributed by atoms with Crippen LogP contribution in [0.4, 0.5) is 0 Å². The molecule has 2 aromatic rings. The van der Waals surface area contributed by atoms with Gasteiger partial charge in [0, 0.05) is 7.11 Å². The fraction of sp³-hybridized carbons (Fsp3) is 0.333. The predicted octanol–water partition coefficient (Wildman–Crippen LogP) is 1.94. The summed E-state index contributed by atoms with van der Waals surface area (Å²) < 4.78 is 7.07. The first kappa shape index (κ1) is 11.6. The molecule has 0 saturated carbocycles. The van der Waals surface area contributed by atoms with Crippen molar-refractivity contribution in [2.75, 3.05) is 13.7 Å². The molecule has 0 aliphatic rings. The normalized spacial score (nSPS) is 12.8. The summed E-state index contributed by atoms with van der Waals surface area (Å²) in [7, 11) is 1.65. The third kappa shape index (κ3) is 2.14. The van der Waals surface area contributed by atoms with E-state index in [-0.39, 0.29) is 11.6 Å². The molecule has 5 heteroatoms. The highest BCUT2D eigenvalue weighted by atomic mass is 16.5. The minimum atomic E-state index is -0.939. The number of carboxylic acids is 1. The quantitative estimate of drug-likeness (QED) is 0.878. The fourth-order valence-corrected chi connectivity index (χ4v) is 1.84. The van der Waals surface area contributed by atoms with Gasteiger partial charge in [0.1, 0.15) is 0 Å². The van der Waals surface area contributed by atoms with E-state index < -0.39 is 5.97 Å². The smallest absolute Gasteiger partial charge is 0.335 e. The van der Waals surface area contributed by atoms with E-state index in [1.807, 2.05) is 11.5 Å². The van der Waals surface area contributed by atoms with Crippen LogP contribution < -0.4 is 0 Å². The zero-order chi connectivity index (χ0) is 12.4. The summed E-state index contributed by atoms with van der Waals surface area (Å²) in [6, 6.07) is 5.11. The van der Waals surface area contributed by atoms with E-state index in [4.69, 9.17) is 9.84 Å². The van der Waals surface area contributed by atoms with Gasteiger partial charge in [-0.2, -0.15) is 0 Å². The summed E-state index contributed by atoms with van der Waals surface area (Å²) in [5.74, 6) is -0.939. The Morgan fingerprint density at radius 3 is 3.00 bits per heavy atom. The minimum absolute atomic E-state index is 0.167. The average molecular weight is 234 g/mol. The van der Waals surface area contributed by atoms with E-state index in [0.29, 0.717) is 12.1 Å². The van der Waals surface area contributed by atoms with Crippen molar-refractivity contribution in [3.05, 3.63) is 30.1 Å². The van der Waals surface area contributed by atoms with E-state index in [0.717, 1.165) is 5.52 Å². The van der Waals surface area contributed by atoms with Crippen LogP contribution in [0.5, 0.6) is 0 Å². The lowest BCUT2D eigenvalue weighted by atomic mass is 10.2. The third-order valence-electron chi connectivity index (χ3n) is 2.70. The van der Waals surface area contributed by atoms with Gasteiger partial charge in [-0.15, -0.1) is 0 Å². The monoisotopic (exact) mass is 234 g/mol. The van der Waals surface area contributed by atoms with Gasteiger partial charge < -0.3 is 14.4 Å². The first-order valence-corrected chi connectivity index (χ1v) is 5.32. The standard InChI is InChI=1S/C12H14N2O3/c1-8(6-17-2)14-7-13-10-5-9(12(15)16)3-4-11(10)14/h3-5,7-8H,6H2,1-2H3,(H,15,16). The molecular formula is C12H14N2O3. The number of benzene rings is 1. The molecule has 0 saturated heterocycles. The Morgan fingerprint density at radius 2 is 2.35 bits per heavy atom. The summed E-state index contributed by atoms with van der Waals surface area (Å²) in [4.78, 5) is 15.0. The number of imidazole rings is 1. The summed E-state index contributed by atoms with van der Waals surface area (Å²) in [6.45, 7) is 2.61. The molecule has 90 valence electrons. The van der Waals surface area contributed by atoms with Gasteiger partial charge in [-0.3, -0.25) is 0 Å². The van der Waals surface area contributed by atoms with E-state index in [9.17, 15) is 4.79 Å². The van der Waals surface area contributed by atoms with Crippen LogP contribution in [0.3, 0.4) is 0 Å². The molecule has 1 unspecified atom stereocenters. The molecule has 0 bridgehead atoms. The number of hydrogen-bond donors (Lipinski definition) is 1. The van der Waals surface area contributed by atoms with Crippen molar-refractivity contribution in [3.8, 4) is 0 Å². The number of methoxy groups -OCH3 is 1. The molecule has 1 N–H and O–H groups in total. The Bertz CT molecular complexity index is 548. The molecule has 0 fully saturated rings. The zero-order valence-electron chi connectivity index (χ0n) is 9.75. The number of fused-ring (bicyclic) bond motifs is 1. The van der Waals surface area contributed by atoms with Gasteiger partial charge in [0.15, 0.2) is 0 Å². The lowest BCUT2D eigenvalue weighted by molar-refractivity contribution is 0.0697. The second kappa shape index (κ2) is 4.55. The Kier molecular flexibility index (Phi) is 3.10. The Morgan fingerprint density at radius 1 is 1.59 bits per heavy atom. The molecule has 0 aliphatic carbocycles. The molecule has 0 spiro atoms. The van der Waals surface area contributed by atoms with E-state index in [1.165, 1.54) is 0 Å². The number of carbonyl (C=O) groups is 1. The molecule has 17 heavy (non-hydrogen) atoms. The molecule has 0 aliphatic heterocycles. The van der Waals surface area contributed by atoms with Gasteiger partial charge in [0.2, 0.25) is 0 Å². The highest BCUT2D eigenvalue weighted by molar-refractivity contribution is 5.92. The van der Waals surface area contributed by atoms with Crippen LogP contribution in [-0.4, -0.2) is 34.3 Å². The number of ether oxygens (including phenoxy) is 1. The molecule has 0 amide bonds. The van der Waals surface area contributed by atoms with Crippen LogP contribution in [0.15, 0.2) is 24.5 Å². The molecule has 5 nitrogen and oxygen atoms in total. The average Bonchev–Trinajstić information content (AvgIpc) is 2.71. The molecular weight excluding hydrogens is 220 g/mol. The summed E-state index contributed by atoms with van der Waals surface area (Å²) in [5, 5.41) is 8.89. The van der Waals surface area contributed by atoms with Crippen LogP contribution >= 0.6 is 0 Å². The highest BCUT2D eigenvalue weighted by Gasteiger charge is 2.11. The maximum absolute atomic E-state index is 10.8. The van der Waals surface area contributed by atoms with Crippen LogP contribution in [0.2, 0.25) is 0 Å². The first-order valence-electron chi connectivity index (χ1n) is 5.32. The molecule has 1 aromatic carbocycles. The molecule has 2 rings (SSSR count). The minimum Gasteiger partial charge on any atom is -0.478 e. The number of carboxylic acid groups (broad SMARTS) is 1. The number of aromatic carboxylic acids is 1. The SMILES string of the molecule is COCC(C)n1cnc2cc(C(=O)O)ccc21. The Labute approximate surface area is 98.6 Å². The topological polar surface area (TPSA) is 64.4 Å². The van der Waals surface area contributed by atoms with Gasteiger partial charge in [-0.05, 0) is 25.1 Å². The van der Waals surface area contributed by atoms with Crippen LogP contribution in [0.25, 0.3) is 11.0 Å². The largest absolute Gasteiger partial charge is 0.478 e. The summed E-state index contributed by atoms with van der Waals surface area (Å²) >= 11 is 0. The second-order valence-corrected chi connectivity index (χ2v) is 3.96. The van der Waals surface area contributed by atoms with Gasteiger partial charge in [0.05, 0.1) is 35.6 Å². The summed E-state index contributed by atoms with van der Waals surface area (Å²) in [5.41, 5.74) is 1.86. The van der Waals surface area contributed by atoms with Gasteiger partial charge in [-0.1, -0.05) is 0 Å². The Balaban J connectivity index is 2.44. The zero-order valence-corrected chi connectivity index (χ0v) is 9.75. The second-order valence-electron chi connectivity index (χ2n) is 3.96. The van der Waals surface area contributed by atoms with E-state index in [2.05, 4.69) is 4.98 Å². The maximum Gasteiger partial charge on any atom is 0.335 e. The number of aromatic nitrogens is 2. The fourth-order valence-electron chi connectivity index (χ4n) is 1.84. The van der Waals surface area contributed by atoms with Crippen LogP contribution in [0, 0.1) is 0 Å². The van der Waals surface area contributed by atoms with Crippen molar-refractivity contribution in [3.63, 3.8) is 0 Å². The molecule has 1 aromatic heterocycles. The summed E-state index contributed by atoms with van der Waals surface area (Å²) in [6.07, 6.45) is 1.71. The maximum atomic E-state index is 10.8. The van der Waals surface area contributed by atoms with Gasteiger partial charge >= 0.3 is 5.97 Å². The molecule has 1 heterocycles. The number of hydrogen-bond acceptors (Lipinski definition) is 3. The third-order valence-corrected chi connectivity index (χ3v) is 2.70. The Hall–Kier alpha value is -1.88. The molecule has 0 radical (unpaired) electrons. The van der Waals surface area contributed by atoms with Crippen molar-refractivity contribution in [1.82, 2.24) is 9.55 Å². The number of rotatable bonds is 4. The molecule has 1 atom stereocenters. The van der Waals surface area contributed by atoms with Crippen LogP contribution in [0.1, 0.15) is 23.3 Å². The number of nitrogens with zero attached hydrogens (tertiary/aromatic N) is 2. The first-order chi connectivity index (χ1) is 8.13. The van der Waals surface area contributed by atoms with Crippen molar-refractivity contribution in [1.29, 1.82) is 0 Å². The predicted molar refractivity (Wildman–Crippen MR) is 63.3 cm³/mol. The van der Waals surface area contributed by atoms with E-state index in [1.54, 1.807) is 31.6 Å². The van der Waals surface area contributed by atoms with Crippen molar-refractivity contribution < 1.29 is 14.6 Å². The van der Waals surface area contributed by atoms with Crippen molar-refractivity contribution in [2.24, 2.45) is 0 Å².